The molecule has 1 aliphatic heterocycles. The Morgan fingerprint density at radius 2 is 1.71 bits per heavy atom. The number of hydrogen-bond donors (Lipinski definition) is 1. The van der Waals surface area contributed by atoms with Gasteiger partial charge in [0.2, 0.25) is 0 Å². The highest BCUT2D eigenvalue weighted by Crippen LogP contribution is 2.44. The molecule has 2 aromatic carbocycles. The molecule has 1 saturated heterocycles. The minimum atomic E-state index is -0.0823. The molecule has 4 aromatic rings. The van der Waals surface area contributed by atoms with E-state index < -0.39 is 0 Å². The van der Waals surface area contributed by atoms with Crippen molar-refractivity contribution in [3.63, 3.8) is 0 Å². The van der Waals surface area contributed by atoms with E-state index in [2.05, 4.69) is 84.1 Å². The third kappa shape index (κ3) is 4.19. The summed E-state index contributed by atoms with van der Waals surface area (Å²) >= 11 is 5.91. The molecular weight excluding hydrogens is 452 g/mol. The van der Waals surface area contributed by atoms with Gasteiger partial charge in [0.15, 0.2) is 5.11 Å². The lowest BCUT2D eigenvalue weighted by atomic mass is 9.96. The minimum Gasteiger partial charge on any atom is -0.494 e. The van der Waals surface area contributed by atoms with E-state index in [1.54, 1.807) is 0 Å². The Labute approximate surface area is 212 Å². The molecule has 1 aliphatic rings. The van der Waals surface area contributed by atoms with Gasteiger partial charge in [-0.3, -0.25) is 4.98 Å². The lowest BCUT2D eigenvalue weighted by Crippen LogP contribution is -2.29. The number of hydrogen-bond acceptors (Lipinski definition) is 3. The van der Waals surface area contributed by atoms with Gasteiger partial charge in [0.25, 0.3) is 0 Å². The van der Waals surface area contributed by atoms with Crippen LogP contribution in [0.3, 0.4) is 0 Å². The highest BCUT2D eigenvalue weighted by atomic mass is 32.1. The SMILES string of the molecule is CCOc1ccc(N2C(=S)N[C@H](c3ccccn3)[C@H]2c2cc(C)n(-c3ccccc3C)c2C)cc1. The highest BCUT2D eigenvalue weighted by Gasteiger charge is 2.42. The molecule has 3 heterocycles. The van der Waals surface area contributed by atoms with Crippen molar-refractivity contribution >= 4 is 23.0 Å². The van der Waals surface area contributed by atoms with Crippen LogP contribution in [-0.2, 0) is 0 Å². The van der Waals surface area contributed by atoms with Gasteiger partial charge in [-0.1, -0.05) is 24.3 Å². The Hall–Kier alpha value is -3.64. The van der Waals surface area contributed by atoms with Gasteiger partial charge >= 0.3 is 0 Å². The van der Waals surface area contributed by atoms with Crippen LogP contribution >= 0.6 is 12.2 Å². The number of benzene rings is 2. The highest BCUT2D eigenvalue weighted by molar-refractivity contribution is 7.80. The number of pyridine rings is 1. The van der Waals surface area contributed by atoms with E-state index in [-0.39, 0.29) is 12.1 Å². The van der Waals surface area contributed by atoms with E-state index >= 15 is 0 Å². The standard InChI is InChI=1S/C29H30N4OS/c1-5-34-23-15-13-22(14-16-23)33-28(27(31-29(33)35)25-11-8-9-17-30-25)24-18-20(3)32(21(24)4)26-12-7-6-10-19(26)2/h6-18,27-28H,5H2,1-4H3,(H,31,35)/t27-,28-/m1/s1. The molecule has 0 bridgehead atoms. The topological polar surface area (TPSA) is 42.3 Å². The van der Waals surface area contributed by atoms with Crippen molar-refractivity contribution in [1.82, 2.24) is 14.9 Å². The van der Waals surface area contributed by atoms with E-state index in [1.165, 1.54) is 28.2 Å². The van der Waals surface area contributed by atoms with Crippen LogP contribution in [0.2, 0.25) is 0 Å². The van der Waals surface area contributed by atoms with Crippen molar-refractivity contribution in [3.05, 3.63) is 107 Å². The number of anilines is 1. The maximum absolute atomic E-state index is 5.91. The molecule has 2 aromatic heterocycles. The van der Waals surface area contributed by atoms with Gasteiger partial charge in [0.1, 0.15) is 5.75 Å². The van der Waals surface area contributed by atoms with E-state index in [1.807, 2.05) is 37.4 Å². The van der Waals surface area contributed by atoms with E-state index in [9.17, 15) is 0 Å². The van der Waals surface area contributed by atoms with Gasteiger partial charge in [0, 0.05) is 29.0 Å². The summed E-state index contributed by atoms with van der Waals surface area (Å²) < 4.78 is 8.02. The number of ether oxygens (including phenoxy) is 1. The first-order valence-corrected chi connectivity index (χ1v) is 12.4. The van der Waals surface area contributed by atoms with Crippen molar-refractivity contribution in [2.75, 3.05) is 11.5 Å². The van der Waals surface area contributed by atoms with Crippen LogP contribution < -0.4 is 15.0 Å². The zero-order valence-corrected chi connectivity index (χ0v) is 21.3. The fourth-order valence-electron chi connectivity index (χ4n) is 5.09. The molecule has 6 heteroatoms. The molecule has 0 saturated carbocycles. The first-order chi connectivity index (χ1) is 17.0. The quantitative estimate of drug-likeness (QED) is 0.323. The van der Waals surface area contributed by atoms with Crippen LogP contribution in [0.25, 0.3) is 5.69 Å². The number of nitrogens with zero attached hydrogens (tertiary/aromatic N) is 3. The summed E-state index contributed by atoms with van der Waals surface area (Å²) in [5, 5.41) is 4.26. The van der Waals surface area contributed by atoms with Gasteiger partial charge in [-0.15, -0.1) is 0 Å². The summed E-state index contributed by atoms with van der Waals surface area (Å²) in [6.07, 6.45) is 1.84. The summed E-state index contributed by atoms with van der Waals surface area (Å²) in [5.74, 6) is 0.852. The lowest BCUT2D eigenvalue weighted by molar-refractivity contribution is 0.340. The molecule has 2 atom stereocenters. The Balaban J connectivity index is 1.65. The van der Waals surface area contributed by atoms with Gasteiger partial charge in [-0.2, -0.15) is 0 Å². The monoisotopic (exact) mass is 482 g/mol. The van der Waals surface area contributed by atoms with Crippen LogP contribution in [-0.4, -0.2) is 21.3 Å². The molecule has 35 heavy (non-hydrogen) atoms. The Kier molecular flexibility index (Phi) is 6.31. The molecule has 0 radical (unpaired) electrons. The fourth-order valence-corrected chi connectivity index (χ4v) is 5.44. The first-order valence-electron chi connectivity index (χ1n) is 12.0. The third-order valence-corrected chi connectivity index (χ3v) is 6.98. The maximum atomic E-state index is 5.91. The number of thiocarbonyl (C=S) groups is 1. The molecule has 0 spiro atoms. The molecule has 178 valence electrons. The first kappa shape index (κ1) is 23.1. The Morgan fingerprint density at radius 3 is 2.40 bits per heavy atom. The molecule has 0 amide bonds. The van der Waals surface area contributed by atoms with E-state index in [0.29, 0.717) is 11.7 Å². The Bertz CT molecular complexity index is 1350. The average molecular weight is 483 g/mol. The summed E-state index contributed by atoms with van der Waals surface area (Å²) in [4.78, 5) is 6.91. The largest absolute Gasteiger partial charge is 0.494 e. The molecule has 5 rings (SSSR count). The van der Waals surface area contributed by atoms with Crippen molar-refractivity contribution in [1.29, 1.82) is 0 Å². The van der Waals surface area contributed by atoms with Crippen LogP contribution in [0, 0.1) is 20.8 Å². The number of aryl methyl sites for hydroxylation is 2. The fraction of sp³-hybridized carbons (Fsp3) is 0.241. The van der Waals surface area contributed by atoms with Gasteiger partial charge in [0.05, 0.1) is 24.4 Å². The van der Waals surface area contributed by atoms with Crippen LogP contribution in [0.15, 0.2) is 79.0 Å². The van der Waals surface area contributed by atoms with Crippen molar-refractivity contribution in [2.45, 2.75) is 39.8 Å². The molecule has 1 fully saturated rings. The predicted octanol–water partition coefficient (Wildman–Crippen LogP) is 6.37. The normalized spacial score (nSPS) is 17.5. The average Bonchev–Trinajstić information content (AvgIpc) is 3.36. The van der Waals surface area contributed by atoms with E-state index in [4.69, 9.17) is 21.9 Å². The van der Waals surface area contributed by atoms with Crippen molar-refractivity contribution in [3.8, 4) is 11.4 Å². The molecule has 0 aliphatic carbocycles. The van der Waals surface area contributed by atoms with E-state index in [0.717, 1.165) is 17.1 Å². The summed E-state index contributed by atoms with van der Waals surface area (Å²) in [6.45, 7) is 9.15. The number of para-hydroxylation sites is 1. The number of rotatable bonds is 6. The van der Waals surface area contributed by atoms with Gasteiger partial charge in [-0.25, -0.2) is 0 Å². The predicted molar refractivity (Wildman–Crippen MR) is 146 cm³/mol. The number of aromatic nitrogens is 2. The third-order valence-electron chi connectivity index (χ3n) is 6.67. The zero-order valence-electron chi connectivity index (χ0n) is 20.5. The molecule has 1 N–H and O–H groups in total. The van der Waals surface area contributed by atoms with Gasteiger partial charge < -0.3 is 19.5 Å². The Morgan fingerprint density at radius 1 is 0.971 bits per heavy atom. The smallest absolute Gasteiger partial charge is 0.174 e. The number of nitrogens with one attached hydrogen (secondary N) is 1. The molecular formula is C29H30N4OS. The van der Waals surface area contributed by atoms with Crippen molar-refractivity contribution < 1.29 is 4.74 Å². The van der Waals surface area contributed by atoms with Crippen LogP contribution in [0.4, 0.5) is 5.69 Å². The second-order valence-corrected chi connectivity index (χ2v) is 9.26. The van der Waals surface area contributed by atoms with Crippen molar-refractivity contribution in [2.24, 2.45) is 0 Å². The van der Waals surface area contributed by atoms with Crippen LogP contribution in [0.5, 0.6) is 5.75 Å². The summed E-state index contributed by atoms with van der Waals surface area (Å²) in [7, 11) is 0. The minimum absolute atomic E-state index is 0.0562. The van der Waals surface area contributed by atoms with Crippen LogP contribution in [0.1, 0.15) is 47.2 Å². The molecule has 5 nitrogen and oxygen atoms in total. The summed E-state index contributed by atoms with van der Waals surface area (Å²) in [6, 6.07) is 24.9. The maximum Gasteiger partial charge on any atom is 0.174 e. The second-order valence-electron chi connectivity index (χ2n) is 8.87. The zero-order chi connectivity index (χ0) is 24.5. The van der Waals surface area contributed by atoms with Gasteiger partial charge in [-0.05, 0) is 99.6 Å². The summed E-state index contributed by atoms with van der Waals surface area (Å²) in [5.41, 5.74) is 8.04. The molecule has 0 unspecified atom stereocenters. The second kappa shape index (κ2) is 9.55. The lowest BCUT2D eigenvalue weighted by Gasteiger charge is -2.28.